The lowest BCUT2D eigenvalue weighted by molar-refractivity contribution is 0.0512. The van der Waals surface area contributed by atoms with Gasteiger partial charge in [0.25, 0.3) is 5.91 Å². The van der Waals surface area contributed by atoms with Gasteiger partial charge in [-0.1, -0.05) is 0 Å². The number of hydrogen-bond donors (Lipinski definition) is 0. The van der Waals surface area contributed by atoms with Crippen molar-refractivity contribution < 1.29 is 18.7 Å². The number of aryl methyl sites for hydroxylation is 1. The molecule has 3 rings (SSSR count). The molecule has 0 radical (unpaired) electrons. The normalized spacial score (nSPS) is 13.7. The molecule has 0 saturated carbocycles. The van der Waals surface area contributed by atoms with Crippen molar-refractivity contribution in [2.24, 2.45) is 0 Å². The maximum absolute atomic E-state index is 12.4. The Kier molecular flexibility index (Phi) is 4.18. The van der Waals surface area contributed by atoms with Crippen LogP contribution in [0.5, 0.6) is 0 Å². The van der Waals surface area contributed by atoms with E-state index in [1.165, 1.54) is 6.26 Å². The molecule has 0 atom stereocenters. The maximum Gasteiger partial charge on any atom is 0.359 e. The second kappa shape index (κ2) is 6.28. The van der Waals surface area contributed by atoms with E-state index in [-0.39, 0.29) is 5.91 Å². The van der Waals surface area contributed by atoms with Crippen LogP contribution in [0.3, 0.4) is 0 Å². The van der Waals surface area contributed by atoms with E-state index < -0.39 is 5.97 Å². The molecule has 0 unspecified atom stereocenters. The lowest BCUT2D eigenvalue weighted by atomic mass is 10.0. The van der Waals surface area contributed by atoms with Crippen LogP contribution in [0.2, 0.25) is 0 Å². The molecule has 23 heavy (non-hydrogen) atoms. The molecule has 0 bridgehead atoms. The molecular weight excluding hydrogens is 298 g/mol. The summed E-state index contributed by atoms with van der Waals surface area (Å²) in [6, 6.07) is 3.32. The third-order valence-corrected chi connectivity index (χ3v) is 3.92. The Balaban J connectivity index is 1.91. The summed E-state index contributed by atoms with van der Waals surface area (Å²) >= 11 is 0. The highest BCUT2D eigenvalue weighted by Gasteiger charge is 2.31. The molecule has 1 aliphatic rings. The highest BCUT2D eigenvalue weighted by Crippen LogP contribution is 2.24. The average molecular weight is 317 g/mol. The first kappa shape index (κ1) is 15.3. The van der Waals surface area contributed by atoms with E-state index in [1.807, 2.05) is 11.6 Å². The number of hydrogen-bond acceptors (Lipinski definition) is 5. The molecule has 7 nitrogen and oxygen atoms in total. The maximum atomic E-state index is 12.4. The largest absolute Gasteiger partial charge is 0.461 e. The van der Waals surface area contributed by atoms with Crippen molar-refractivity contribution in [3.8, 4) is 0 Å². The standard InChI is InChI=1S/C16H19N3O4/c1-3-19-12-7-8-18(15(20)13-6-5-9-23-13)10-11(12)14(17-19)16(21)22-4-2/h5-6,9H,3-4,7-8,10H2,1-2H3. The Morgan fingerprint density at radius 3 is 2.87 bits per heavy atom. The molecule has 0 fully saturated rings. The van der Waals surface area contributed by atoms with Crippen LogP contribution in [0, 0.1) is 0 Å². The molecule has 0 saturated heterocycles. The second-order valence-corrected chi connectivity index (χ2v) is 5.26. The van der Waals surface area contributed by atoms with Gasteiger partial charge in [-0.15, -0.1) is 0 Å². The highest BCUT2D eigenvalue weighted by atomic mass is 16.5. The van der Waals surface area contributed by atoms with Crippen LogP contribution >= 0.6 is 0 Å². The van der Waals surface area contributed by atoms with Crippen molar-refractivity contribution in [1.29, 1.82) is 0 Å². The van der Waals surface area contributed by atoms with Crippen molar-refractivity contribution in [1.82, 2.24) is 14.7 Å². The number of esters is 1. The Bertz CT molecular complexity index is 718. The molecule has 0 N–H and O–H groups in total. The van der Waals surface area contributed by atoms with Crippen LogP contribution in [-0.4, -0.2) is 39.7 Å². The highest BCUT2D eigenvalue weighted by molar-refractivity contribution is 5.92. The lowest BCUT2D eigenvalue weighted by Gasteiger charge is -2.27. The summed E-state index contributed by atoms with van der Waals surface area (Å²) in [7, 11) is 0. The summed E-state index contributed by atoms with van der Waals surface area (Å²) in [6.45, 7) is 5.61. The number of carbonyl (C=O) groups excluding carboxylic acids is 2. The summed E-state index contributed by atoms with van der Waals surface area (Å²) < 4.78 is 12.1. The predicted molar refractivity (Wildman–Crippen MR) is 81.0 cm³/mol. The van der Waals surface area contributed by atoms with Crippen molar-refractivity contribution in [2.75, 3.05) is 13.2 Å². The number of rotatable bonds is 4. The zero-order chi connectivity index (χ0) is 16.4. The first-order valence-corrected chi connectivity index (χ1v) is 7.74. The van der Waals surface area contributed by atoms with Crippen LogP contribution in [0.4, 0.5) is 0 Å². The number of nitrogens with zero attached hydrogens (tertiary/aromatic N) is 3. The van der Waals surface area contributed by atoms with E-state index in [1.54, 1.807) is 24.0 Å². The van der Waals surface area contributed by atoms with Gasteiger partial charge in [0, 0.05) is 30.8 Å². The molecule has 1 aliphatic heterocycles. The Morgan fingerprint density at radius 1 is 1.39 bits per heavy atom. The van der Waals surface area contributed by atoms with E-state index in [4.69, 9.17) is 9.15 Å². The molecule has 0 spiro atoms. The third-order valence-electron chi connectivity index (χ3n) is 3.92. The Morgan fingerprint density at radius 2 is 2.22 bits per heavy atom. The van der Waals surface area contributed by atoms with Crippen molar-refractivity contribution in [2.45, 2.75) is 33.4 Å². The molecule has 7 heteroatoms. The van der Waals surface area contributed by atoms with Crippen molar-refractivity contribution >= 4 is 11.9 Å². The van der Waals surface area contributed by atoms with Gasteiger partial charge >= 0.3 is 5.97 Å². The quantitative estimate of drug-likeness (QED) is 0.805. The van der Waals surface area contributed by atoms with E-state index in [0.29, 0.717) is 44.1 Å². The number of furan rings is 1. The average Bonchev–Trinajstić information content (AvgIpc) is 3.21. The van der Waals surface area contributed by atoms with Gasteiger partial charge in [0.1, 0.15) is 0 Å². The number of fused-ring (bicyclic) bond motifs is 1. The topological polar surface area (TPSA) is 77.6 Å². The summed E-state index contributed by atoms with van der Waals surface area (Å²) in [5.41, 5.74) is 2.08. The summed E-state index contributed by atoms with van der Waals surface area (Å²) in [6.07, 6.45) is 2.13. The monoisotopic (exact) mass is 317 g/mol. The van der Waals surface area contributed by atoms with Gasteiger partial charge in [-0.3, -0.25) is 9.48 Å². The molecule has 2 aromatic rings. The molecule has 1 amide bonds. The fraction of sp³-hybridized carbons (Fsp3) is 0.438. The molecule has 122 valence electrons. The fourth-order valence-electron chi connectivity index (χ4n) is 2.85. The van der Waals surface area contributed by atoms with Crippen LogP contribution in [0.15, 0.2) is 22.8 Å². The van der Waals surface area contributed by atoms with E-state index >= 15 is 0 Å². The van der Waals surface area contributed by atoms with Crippen molar-refractivity contribution in [3.05, 3.63) is 41.1 Å². The second-order valence-electron chi connectivity index (χ2n) is 5.26. The SMILES string of the molecule is CCOC(=O)c1nn(CC)c2c1CN(C(=O)c1ccco1)CC2. The van der Waals surface area contributed by atoms with Gasteiger partial charge in [0.2, 0.25) is 0 Å². The fourth-order valence-corrected chi connectivity index (χ4v) is 2.85. The third kappa shape index (κ3) is 2.74. The number of aromatic nitrogens is 2. The molecular formula is C16H19N3O4. The van der Waals surface area contributed by atoms with Gasteiger partial charge in [-0.2, -0.15) is 5.10 Å². The molecule has 3 heterocycles. The summed E-state index contributed by atoms with van der Waals surface area (Å²) in [5.74, 6) is -0.322. The van der Waals surface area contributed by atoms with Crippen LogP contribution in [0.1, 0.15) is 46.1 Å². The number of amides is 1. The minimum Gasteiger partial charge on any atom is -0.461 e. The van der Waals surface area contributed by atoms with Gasteiger partial charge in [0.15, 0.2) is 11.5 Å². The molecule has 0 aromatic carbocycles. The van der Waals surface area contributed by atoms with Gasteiger partial charge in [0.05, 0.1) is 19.4 Å². The first-order valence-electron chi connectivity index (χ1n) is 7.74. The van der Waals surface area contributed by atoms with E-state index in [0.717, 1.165) is 11.3 Å². The summed E-state index contributed by atoms with van der Waals surface area (Å²) in [5, 5.41) is 4.37. The Hall–Kier alpha value is -2.57. The van der Waals surface area contributed by atoms with Crippen LogP contribution in [-0.2, 0) is 24.2 Å². The van der Waals surface area contributed by atoms with Gasteiger partial charge in [-0.25, -0.2) is 4.79 Å². The minimum absolute atomic E-state index is 0.181. The lowest BCUT2D eigenvalue weighted by Crippen LogP contribution is -2.36. The zero-order valence-electron chi connectivity index (χ0n) is 13.2. The number of carbonyl (C=O) groups is 2. The summed E-state index contributed by atoms with van der Waals surface area (Å²) in [4.78, 5) is 26.2. The molecule has 0 aliphatic carbocycles. The van der Waals surface area contributed by atoms with Gasteiger partial charge in [-0.05, 0) is 26.0 Å². The van der Waals surface area contributed by atoms with Gasteiger partial charge < -0.3 is 14.1 Å². The minimum atomic E-state index is -0.441. The smallest absolute Gasteiger partial charge is 0.359 e. The van der Waals surface area contributed by atoms with E-state index in [2.05, 4.69) is 5.10 Å². The van der Waals surface area contributed by atoms with Crippen molar-refractivity contribution in [3.63, 3.8) is 0 Å². The molecule has 2 aromatic heterocycles. The zero-order valence-corrected chi connectivity index (χ0v) is 13.2. The Labute approximate surface area is 133 Å². The van der Waals surface area contributed by atoms with Crippen LogP contribution < -0.4 is 0 Å². The predicted octanol–water partition coefficient (Wildman–Crippen LogP) is 1.87. The van der Waals surface area contributed by atoms with E-state index in [9.17, 15) is 9.59 Å². The first-order chi connectivity index (χ1) is 11.2. The number of ether oxygens (including phenoxy) is 1. The van der Waals surface area contributed by atoms with Crippen LogP contribution in [0.25, 0.3) is 0 Å².